The first kappa shape index (κ1) is 15.4. The molecule has 0 radical (unpaired) electrons. The van der Waals surface area contributed by atoms with E-state index in [4.69, 9.17) is 0 Å². The van der Waals surface area contributed by atoms with Crippen LogP contribution in [-0.4, -0.2) is 22.6 Å². The highest BCUT2D eigenvalue weighted by Gasteiger charge is 2.07. The maximum absolute atomic E-state index is 12.5. The number of carbonyl (C=O) groups excluding carboxylic acids is 1. The van der Waals surface area contributed by atoms with Crippen LogP contribution < -0.4 is 5.56 Å². The van der Waals surface area contributed by atoms with Crippen molar-refractivity contribution in [3.8, 4) is 0 Å². The van der Waals surface area contributed by atoms with Crippen molar-refractivity contribution in [1.82, 2.24) is 9.55 Å². The molecule has 0 bridgehead atoms. The molecule has 1 aromatic carbocycles. The Morgan fingerprint density at radius 2 is 1.91 bits per heavy atom. The third kappa shape index (κ3) is 3.17. The second-order valence-electron chi connectivity index (χ2n) is 5.01. The summed E-state index contributed by atoms with van der Waals surface area (Å²) in [4.78, 5) is 28.2. The maximum atomic E-state index is 12.5. The summed E-state index contributed by atoms with van der Waals surface area (Å²) in [6.07, 6.45) is 1.74. The lowest BCUT2D eigenvalue weighted by molar-refractivity contribution is 0.0600. The van der Waals surface area contributed by atoms with Crippen LogP contribution in [-0.2, 0) is 11.3 Å². The number of fused-ring (bicyclic) bond motifs is 1. The van der Waals surface area contributed by atoms with E-state index in [0.29, 0.717) is 22.2 Å². The third-order valence-corrected chi connectivity index (χ3v) is 3.96. The third-order valence-electron chi connectivity index (χ3n) is 3.52. The zero-order valence-corrected chi connectivity index (χ0v) is 13.9. The van der Waals surface area contributed by atoms with Gasteiger partial charge < -0.3 is 9.30 Å². The minimum absolute atomic E-state index is 0.152. The number of halogens is 1. The minimum Gasteiger partial charge on any atom is -0.465 e. The van der Waals surface area contributed by atoms with Crippen LogP contribution in [0.1, 0.15) is 15.9 Å². The molecule has 23 heavy (non-hydrogen) atoms. The Hall–Kier alpha value is -2.47. The summed E-state index contributed by atoms with van der Waals surface area (Å²) in [6.45, 7) is 0.407. The van der Waals surface area contributed by atoms with Gasteiger partial charge in [-0.15, -0.1) is 0 Å². The number of carbonyl (C=O) groups is 1. The standard InChI is InChI=1S/C17H13BrN2O3/c1-23-17(22)13-4-2-11(3-5-13)10-20-9-8-12-6-7-14(18)19-15(12)16(20)21/h2-9H,10H2,1H3. The minimum atomic E-state index is -0.381. The van der Waals surface area contributed by atoms with Crippen molar-refractivity contribution in [2.45, 2.75) is 6.54 Å². The topological polar surface area (TPSA) is 61.2 Å². The van der Waals surface area contributed by atoms with Gasteiger partial charge in [0.25, 0.3) is 5.56 Å². The molecule has 5 nitrogen and oxygen atoms in total. The molecule has 6 heteroatoms. The first-order valence-corrected chi connectivity index (χ1v) is 7.71. The Morgan fingerprint density at radius 3 is 2.61 bits per heavy atom. The zero-order chi connectivity index (χ0) is 16.4. The van der Waals surface area contributed by atoms with E-state index in [1.54, 1.807) is 41.1 Å². The van der Waals surface area contributed by atoms with Crippen molar-refractivity contribution < 1.29 is 9.53 Å². The van der Waals surface area contributed by atoms with Crippen molar-refractivity contribution in [3.05, 3.63) is 74.7 Å². The fraction of sp³-hybridized carbons (Fsp3) is 0.118. The van der Waals surface area contributed by atoms with Crippen LogP contribution in [0.3, 0.4) is 0 Å². The van der Waals surface area contributed by atoms with Crippen LogP contribution in [0.25, 0.3) is 10.9 Å². The average molecular weight is 373 g/mol. The molecule has 2 aromatic heterocycles. The van der Waals surface area contributed by atoms with E-state index in [1.165, 1.54) is 7.11 Å². The predicted octanol–water partition coefficient (Wildman–Crippen LogP) is 2.99. The van der Waals surface area contributed by atoms with Crippen molar-refractivity contribution in [2.24, 2.45) is 0 Å². The molecule has 3 rings (SSSR count). The number of esters is 1. The summed E-state index contributed by atoms with van der Waals surface area (Å²) in [5.74, 6) is -0.381. The van der Waals surface area contributed by atoms with E-state index in [1.807, 2.05) is 12.1 Å². The number of hydrogen-bond acceptors (Lipinski definition) is 4. The molecule has 116 valence electrons. The summed E-state index contributed by atoms with van der Waals surface area (Å²) < 4.78 is 6.89. The number of benzene rings is 1. The molecule has 2 heterocycles. The Kier molecular flexibility index (Phi) is 4.25. The number of methoxy groups -OCH3 is 1. The molecule has 0 fully saturated rings. The normalized spacial score (nSPS) is 10.7. The molecule has 0 amide bonds. The Labute approximate surface area is 140 Å². The van der Waals surface area contributed by atoms with Crippen LogP contribution in [0.5, 0.6) is 0 Å². The highest BCUT2D eigenvalue weighted by molar-refractivity contribution is 9.10. The molecule has 0 aliphatic heterocycles. The number of ether oxygens (including phenoxy) is 1. The predicted molar refractivity (Wildman–Crippen MR) is 90.6 cm³/mol. The first-order chi connectivity index (χ1) is 11.1. The lowest BCUT2D eigenvalue weighted by Gasteiger charge is -2.08. The Balaban J connectivity index is 1.94. The van der Waals surface area contributed by atoms with Gasteiger partial charge in [-0.1, -0.05) is 12.1 Å². The van der Waals surface area contributed by atoms with Crippen LogP contribution >= 0.6 is 15.9 Å². The summed E-state index contributed by atoms with van der Waals surface area (Å²) in [5.41, 5.74) is 1.66. The molecule has 0 saturated carbocycles. The summed E-state index contributed by atoms with van der Waals surface area (Å²) in [5, 5.41) is 0.801. The van der Waals surface area contributed by atoms with E-state index in [2.05, 4.69) is 25.7 Å². The van der Waals surface area contributed by atoms with Gasteiger partial charge >= 0.3 is 5.97 Å². The van der Waals surface area contributed by atoms with E-state index in [9.17, 15) is 9.59 Å². The smallest absolute Gasteiger partial charge is 0.337 e. The molecule has 0 aliphatic rings. The molecular formula is C17H13BrN2O3. The van der Waals surface area contributed by atoms with Crippen LogP contribution in [0.15, 0.2) is 58.1 Å². The number of rotatable bonds is 3. The molecule has 0 unspecified atom stereocenters. The van der Waals surface area contributed by atoms with E-state index >= 15 is 0 Å². The zero-order valence-electron chi connectivity index (χ0n) is 12.3. The van der Waals surface area contributed by atoms with E-state index < -0.39 is 0 Å². The molecule has 0 atom stereocenters. The van der Waals surface area contributed by atoms with Gasteiger partial charge in [0.15, 0.2) is 0 Å². The molecule has 0 aliphatic carbocycles. The average Bonchev–Trinajstić information content (AvgIpc) is 2.58. The Bertz CT molecular complexity index is 933. The second kappa shape index (κ2) is 6.34. The van der Waals surface area contributed by atoms with Gasteiger partial charge in [-0.3, -0.25) is 4.79 Å². The Morgan fingerprint density at radius 1 is 1.17 bits per heavy atom. The van der Waals surface area contributed by atoms with Crippen LogP contribution in [0, 0.1) is 0 Å². The largest absolute Gasteiger partial charge is 0.465 e. The molecule has 0 spiro atoms. The summed E-state index contributed by atoms with van der Waals surface area (Å²) in [6, 6.07) is 12.5. The number of pyridine rings is 2. The molecule has 3 aromatic rings. The van der Waals surface area contributed by atoms with Gasteiger partial charge in [-0.2, -0.15) is 0 Å². The molecular weight excluding hydrogens is 360 g/mol. The van der Waals surface area contributed by atoms with Crippen molar-refractivity contribution >= 4 is 32.8 Å². The monoisotopic (exact) mass is 372 g/mol. The summed E-state index contributed by atoms with van der Waals surface area (Å²) in [7, 11) is 1.34. The lowest BCUT2D eigenvalue weighted by Crippen LogP contribution is -2.21. The lowest BCUT2D eigenvalue weighted by atomic mass is 10.1. The van der Waals surface area contributed by atoms with E-state index in [-0.39, 0.29) is 11.5 Å². The van der Waals surface area contributed by atoms with Crippen LogP contribution in [0.2, 0.25) is 0 Å². The van der Waals surface area contributed by atoms with Crippen LogP contribution in [0.4, 0.5) is 0 Å². The van der Waals surface area contributed by atoms with Crippen molar-refractivity contribution in [1.29, 1.82) is 0 Å². The van der Waals surface area contributed by atoms with E-state index in [0.717, 1.165) is 10.9 Å². The highest BCUT2D eigenvalue weighted by Crippen LogP contribution is 2.13. The second-order valence-corrected chi connectivity index (χ2v) is 5.82. The van der Waals surface area contributed by atoms with Gasteiger partial charge in [0.2, 0.25) is 0 Å². The molecule has 0 saturated heterocycles. The summed E-state index contributed by atoms with van der Waals surface area (Å²) >= 11 is 3.28. The number of aromatic nitrogens is 2. The van der Waals surface area contributed by atoms with Crippen molar-refractivity contribution in [2.75, 3.05) is 7.11 Å². The fourth-order valence-electron chi connectivity index (χ4n) is 2.31. The van der Waals surface area contributed by atoms with Gasteiger partial charge in [-0.05, 0) is 51.8 Å². The van der Waals surface area contributed by atoms with Gasteiger partial charge in [0.05, 0.1) is 19.2 Å². The SMILES string of the molecule is COC(=O)c1ccc(Cn2ccc3ccc(Br)nc3c2=O)cc1. The van der Waals surface area contributed by atoms with Gasteiger partial charge in [-0.25, -0.2) is 9.78 Å². The van der Waals surface area contributed by atoms with Crippen molar-refractivity contribution in [3.63, 3.8) is 0 Å². The number of nitrogens with zero attached hydrogens (tertiary/aromatic N) is 2. The highest BCUT2D eigenvalue weighted by atomic mass is 79.9. The first-order valence-electron chi connectivity index (χ1n) is 6.91. The number of hydrogen-bond donors (Lipinski definition) is 0. The van der Waals surface area contributed by atoms with Gasteiger partial charge in [0, 0.05) is 11.6 Å². The molecule has 0 N–H and O–H groups in total. The quantitative estimate of drug-likeness (QED) is 0.523. The maximum Gasteiger partial charge on any atom is 0.337 e. The van der Waals surface area contributed by atoms with Gasteiger partial charge in [0.1, 0.15) is 10.1 Å². The fourth-order valence-corrected chi connectivity index (χ4v) is 2.62.